The Balaban J connectivity index is 1.04. The molecular weight excluding hydrogens is 981 g/mol. The summed E-state index contributed by atoms with van der Waals surface area (Å²) in [6.45, 7) is 7.76. The molecular formula is C51H84O23. The summed E-state index contributed by atoms with van der Waals surface area (Å²) in [6.07, 6.45) is -26.7. The summed E-state index contributed by atoms with van der Waals surface area (Å²) in [7, 11) is 0. The molecule has 8 aliphatic rings. The van der Waals surface area contributed by atoms with Gasteiger partial charge in [-0.05, 0) is 90.4 Å². The molecule has 0 aromatic rings. The highest BCUT2D eigenvalue weighted by atomic mass is 16.8. The van der Waals surface area contributed by atoms with E-state index in [9.17, 15) is 76.6 Å². The van der Waals surface area contributed by atoms with Gasteiger partial charge in [0.15, 0.2) is 25.2 Å². The van der Waals surface area contributed by atoms with E-state index in [1.54, 1.807) is 0 Å². The monoisotopic (exact) mass is 1060 g/mol. The fraction of sp³-hybridized carbons (Fsp3) is 0.922. The fourth-order valence-electron chi connectivity index (χ4n) is 14.0. The molecule has 8 rings (SSSR count). The lowest BCUT2D eigenvalue weighted by molar-refractivity contribution is -0.397. The third-order valence-corrected chi connectivity index (χ3v) is 18.7. The maximum Gasteiger partial charge on any atom is 0.187 e. The summed E-state index contributed by atoms with van der Waals surface area (Å²) < 4.78 is 47.7. The van der Waals surface area contributed by atoms with Crippen molar-refractivity contribution in [1.29, 1.82) is 0 Å². The van der Waals surface area contributed by atoms with Crippen LogP contribution in [-0.2, 0) is 37.9 Å². The Morgan fingerprint density at radius 1 is 0.608 bits per heavy atom. The average Bonchev–Trinajstić information content (AvgIpc) is 3.65. The normalized spacial score (nSPS) is 51.8. The lowest BCUT2D eigenvalue weighted by atomic mass is 9.46. The van der Waals surface area contributed by atoms with E-state index in [0.717, 1.165) is 18.4 Å². The minimum Gasteiger partial charge on any atom is -0.396 e. The van der Waals surface area contributed by atoms with E-state index >= 15 is 0 Å². The van der Waals surface area contributed by atoms with Crippen LogP contribution in [0.2, 0.25) is 0 Å². The van der Waals surface area contributed by atoms with E-state index < -0.39 is 167 Å². The highest BCUT2D eigenvalue weighted by molar-refractivity contribution is 5.30. The second-order valence-corrected chi connectivity index (χ2v) is 23.2. The average molecular weight is 1070 g/mol. The van der Waals surface area contributed by atoms with E-state index in [2.05, 4.69) is 46.8 Å². The van der Waals surface area contributed by atoms with E-state index in [-0.39, 0.29) is 48.0 Å². The molecule has 30 atom stereocenters. The van der Waals surface area contributed by atoms with Gasteiger partial charge in [0.2, 0.25) is 0 Å². The lowest BCUT2D eigenvalue weighted by Gasteiger charge is -2.59. The highest BCUT2D eigenvalue weighted by Gasteiger charge is 2.64. The number of hydrogen-bond donors (Lipinski definition) is 15. The van der Waals surface area contributed by atoms with Crippen LogP contribution in [0.15, 0.2) is 23.8 Å². The molecule has 4 heterocycles. The SMILES string of the molecule is CC(C)[C@H](C)/C=C/[C@@H](CO)[C@H]1C[C@H](O)[C@H]2[C@@H]3CC=C4[C@@H](O)[C@@H](O[C@@H]5O[C@H](CO)[C@@H](O[C@@H]6O[C@H](CO)[C@H](O)[C@H](O)[C@H]6O)[C@H](O[C@@H]6OC[C@@H](O)[C@@H](O)[C@@H]6O[C@H]6O[C@H](CO)[C@H](O)[C@H](O)[C@H]6O)[C@H]5O)CC[C@]4(C)[C@H]3CC[C@@]21C. The minimum atomic E-state index is -1.98. The minimum absolute atomic E-state index is 0.0101. The molecule has 7 fully saturated rings. The predicted octanol–water partition coefficient (Wildman–Crippen LogP) is -3.74. The number of rotatable bonds is 16. The van der Waals surface area contributed by atoms with Gasteiger partial charge >= 0.3 is 0 Å². The van der Waals surface area contributed by atoms with Gasteiger partial charge in [-0.1, -0.05) is 52.8 Å². The summed E-state index contributed by atoms with van der Waals surface area (Å²) in [5, 5.41) is 164. The second kappa shape index (κ2) is 23.7. The predicted molar refractivity (Wildman–Crippen MR) is 252 cm³/mol. The van der Waals surface area contributed by atoms with Crippen LogP contribution >= 0.6 is 0 Å². The van der Waals surface area contributed by atoms with Crippen LogP contribution in [0.5, 0.6) is 0 Å². The van der Waals surface area contributed by atoms with Gasteiger partial charge in [0.05, 0.1) is 38.6 Å². The van der Waals surface area contributed by atoms with Gasteiger partial charge in [0.1, 0.15) is 97.7 Å². The first-order valence-electron chi connectivity index (χ1n) is 26.6. The molecule has 0 unspecified atom stereocenters. The molecule has 0 spiro atoms. The quantitative estimate of drug-likeness (QED) is 0.0661. The third kappa shape index (κ3) is 10.8. The number of fused-ring (bicyclic) bond motifs is 5. The third-order valence-electron chi connectivity index (χ3n) is 18.7. The summed E-state index contributed by atoms with van der Waals surface area (Å²) >= 11 is 0. The van der Waals surface area contributed by atoms with Gasteiger partial charge < -0.3 is 114 Å². The molecule has 74 heavy (non-hydrogen) atoms. The summed E-state index contributed by atoms with van der Waals surface area (Å²) in [6, 6.07) is 0. The van der Waals surface area contributed by atoms with Gasteiger partial charge in [-0.2, -0.15) is 0 Å². The molecule has 4 aliphatic carbocycles. The number of hydrogen-bond acceptors (Lipinski definition) is 23. The van der Waals surface area contributed by atoms with Crippen LogP contribution in [-0.4, -0.2) is 245 Å². The maximum atomic E-state index is 12.3. The van der Waals surface area contributed by atoms with Crippen molar-refractivity contribution in [2.45, 2.75) is 208 Å². The number of ether oxygens (including phenoxy) is 8. The van der Waals surface area contributed by atoms with Crippen LogP contribution in [0.3, 0.4) is 0 Å². The molecule has 15 N–H and O–H groups in total. The summed E-state index contributed by atoms with van der Waals surface area (Å²) in [4.78, 5) is 0. The first-order valence-corrected chi connectivity index (χ1v) is 26.6. The number of aliphatic hydroxyl groups excluding tert-OH is 15. The molecule has 0 amide bonds. The Hall–Kier alpha value is -1.44. The Bertz CT molecular complexity index is 1890. The van der Waals surface area contributed by atoms with Crippen molar-refractivity contribution in [3.63, 3.8) is 0 Å². The first-order chi connectivity index (χ1) is 35.0. The summed E-state index contributed by atoms with van der Waals surface area (Å²) in [5.41, 5.74) is 0.0194. The highest BCUT2D eigenvalue weighted by Crippen LogP contribution is 2.67. The van der Waals surface area contributed by atoms with Crippen LogP contribution in [0.25, 0.3) is 0 Å². The van der Waals surface area contributed by atoms with E-state index in [4.69, 9.17) is 37.9 Å². The van der Waals surface area contributed by atoms with Crippen molar-refractivity contribution in [2.75, 3.05) is 33.0 Å². The van der Waals surface area contributed by atoms with Gasteiger partial charge in [-0.25, -0.2) is 0 Å². The van der Waals surface area contributed by atoms with Crippen molar-refractivity contribution >= 4 is 0 Å². The zero-order valence-corrected chi connectivity index (χ0v) is 42.7. The zero-order valence-electron chi connectivity index (χ0n) is 42.7. The van der Waals surface area contributed by atoms with Gasteiger partial charge in [0, 0.05) is 12.5 Å². The molecule has 0 bridgehead atoms. The number of aliphatic hydroxyl groups is 15. The Kier molecular flexibility index (Phi) is 18.8. The topological polar surface area (TPSA) is 377 Å². The van der Waals surface area contributed by atoms with Crippen molar-refractivity contribution in [1.82, 2.24) is 0 Å². The molecule has 0 aromatic carbocycles. The van der Waals surface area contributed by atoms with Crippen molar-refractivity contribution < 1.29 is 114 Å². The molecule has 0 radical (unpaired) electrons. The second-order valence-electron chi connectivity index (χ2n) is 23.2. The largest absolute Gasteiger partial charge is 0.396 e. The molecule has 23 nitrogen and oxygen atoms in total. The zero-order chi connectivity index (χ0) is 53.9. The van der Waals surface area contributed by atoms with E-state index in [1.165, 1.54) is 0 Å². The maximum absolute atomic E-state index is 12.3. The molecule has 23 heteroatoms. The standard InChI is InChI=1S/C51H84O23/c1-20(2)21(3)6-7-22(15-52)26-14-27(56)33-23-8-9-25-34(58)29(11-13-50(25,4)24(23)10-12-51(26,33)5)68-48-42(66)44(43(32(18-55)71-48)72-46-40(64)38(62)36(60)30(16-53)69-46)73-49-45(35(59)28(57)19-67-49)74-47-41(65)39(63)37(61)31(17-54)70-47/h6-7,9,20-24,26-49,52-66H,8,10-19H2,1-5H3/b7-6+/t21-,22+,23-,24+,26-,27+,28-,29+,30-,31-,32-,33-,34-,35-,36+,37+,38+,39+,40-,41-,42-,43-,44-,45+,46+,47-,48-,49+,50-,51-/m1/s1. The molecule has 0 aromatic heterocycles. The fourth-order valence-corrected chi connectivity index (χ4v) is 14.0. The van der Waals surface area contributed by atoms with Gasteiger partial charge in [-0.15, -0.1) is 0 Å². The molecule has 4 saturated heterocycles. The van der Waals surface area contributed by atoms with Crippen molar-refractivity contribution in [3.8, 4) is 0 Å². The Morgan fingerprint density at radius 3 is 1.76 bits per heavy atom. The van der Waals surface area contributed by atoms with Crippen LogP contribution in [0.1, 0.15) is 73.1 Å². The van der Waals surface area contributed by atoms with Crippen molar-refractivity contribution in [2.24, 2.45) is 52.3 Å². The molecule has 4 aliphatic heterocycles. The Labute approximate surface area is 430 Å². The van der Waals surface area contributed by atoms with Gasteiger partial charge in [0.25, 0.3) is 0 Å². The van der Waals surface area contributed by atoms with Crippen LogP contribution in [0, 0.1) is 52.3 Å². The van der Waals surface area contributed by atoms with E-state index in [1.807, 2.05) is 6.08 Å². The first kappa shape index (κ1) is 58.7. The van der Waals surface area contributed by atoms with E-state index in [0.29, 0.717) is 31.1 Å². The Morgan fingerprint density at radius 2 is 1.18 bits per heavy atom. The smallest absolute Gasteiger partial charge is 0.187 e. The molecule has 426 valence electrons. The van der Waals surface area contributed by atoms with Crippen LogP contribution < -0.4 is 0 Å². The van der Waals surface area contributed by atoms with Crippen LogP contribution in [0.4, 0.5) is 0 Å². The number of allylic oxidation sites excluding steroid dienone is 2. The van der Waals surface area contributed by atoms with Crippen molar-refractivity contribution in [3.05, 3.63) is 23.8 Å². The summed E-state index contributed by atoms with van der Waals surface area (Å²) in [5.74, 6) is 0.940. The van der Waals surface area contributed by atoms with Gasteiger partial charge in [-0.3, -0.25) is 0 Å². The lowest BCUT2D eigenvalue weighted by Crippen LogP contribution is -2.67. The molecule has 3 saturated carbocycles.